The minimum atomic E-state index is -0.792. The van der Waals surface area contributed by atoms with E-state index in [4.69, 9.17) is 4.74 Å². The number of carbonyl (C=O) groups excluding carboxylic acids is 3. The molecule has 4 rings (SSSR count). The van der Waals surface area contributed by atoms with Crippen molar-refractivity contribution >= 4 is 29.5 Å². The Hall–Kier alpha value is -1.90. The zero-order chi connectivity index (χ0) is 22.6. The van der Waals surface area contributed by atoms with Gasteiger partial charge in [-0.2, -0.15) is 11.8 Å². The van der Waals surface area contributed by atoms with E-state index in [1.54, 1.807) is 36.0 Å². The molecule has 0 aromatic heterocycles. The fourth-order valence-electron chi connectivity index (χ4n) is 5.32. The largest absolute Gasteiger partial charge is 0.379 e. The Morgan fingerprint density at radius 1 is 1.09 bits per heavy atom. The normalized spacial score (nSPS) is 22.0. The van der Waals surface area contributed by atoms with Crippen LogP contribution in [0.2, 0.25) is 0 Å². The Balaban J connectivity index is 1.51. The third-order valence-corrected chi connectivity index (χ3v) is 7.74. The molecule has 7 nitrogen and oxygen atoms in total. The van der Waals surface area contributed by atoms with Crippen LogP contribution in [0.1, 0.15) is 59.2 Å². The summed E-state index contributed by atoms with van der Waals surface area (Å²) in [5.41, 5.74) is 0.706. The summed E-state index contributed by atoms with van der Waals surface area (Å²) in [7, 11) is 0. The van der Waals surface area contributed by atoms with Crippen LogP contribution in [-0.4, -0.2) is 84.0 Å². The summed E-state index contributed by atoms with van der Waals surface area (Å²) in [6.07, 6.45) is 8.05. The van der Waals surface area contributed by atoms with Crippen LogP contribution in [0, 0.1) is 0 Å². The van der Waals surface area contributed by atoms with Crippen molar-refractivity contribution in [2.75, 3.05) is 44.9 Å². The minimum Gasteiger partial charge on any atom is -0.379 e. The molecule has 2 fully saturated rings. The molecule has 8 heteroatoms. The summed E-state index contributed by atoms with van der Waals surface area (Å²) in [5.74, 6) is -0.272. The van der Waals surface area contributed by atoms with Crippen molar-refractivity contribution in [2.45, 2.75) is 50.1 Å². The lowest BCUT2D eigenvalue weighted by Gasteiger charge is -2.48. The standard InChI is InChI=1S/C24H33N3O4S/c1-32-16-9-20(27-22(29)18-7-3-4-8-19(18)23(27)30)21(28)25-17-24(10-5-2-6-11-24)26-12-14-31-15-13-26/h3-4,7-8,20H,2,5-6,9-17H2,1H3,(H,25,28)/t20-/m1/s1. The van der Waals surface area contributed by atoms with Crippen molar-refractivity contribution < 1.29 is 19.1 Å². The van der Waals surface area contributed by atoms with Gasteiger partial charge in [-0.05, 0) is 43.4 Å². The molecular formula is C24H33N3O4S. The number of morpholine rings is 1. The highest BCUT2D eigenvalue weighted by Gasteiger charge is 2.44. The number of ether oxygens (including phenoxy) is 1. The summed E-state index contributed by atoms with van der Waals surface area (Å²) in [4.78, 5) is 43.2. The Morgan fingerprint density at radius 2 is 1.72 bits per heavy atom. The van der Waals surface area contributed by atoms with Gasteiger partial charge in [0, 0.05) is 25.2 Å². The number of thioether (sulfide) groups is 1. The van der Waals surface area contributed by atoms with Gasteiger partial charge >= 0.3 is 0 Å². The lowest BCUT2D eigenvalue weighted by molar-refractivity contribution is -0.126. The second-order valence-corrected chi connectivity index (χ2v) is 9.91. The first kappa shape index (κ1) is 23.3. The average molecular weight is 460 g/mol. The predicted octanol–water partition coefficient (Wildman–Crippen LogP) is 2.56. The van der Waals surface area contributed by atoms with E-state index in [1.807, 2.05) is 6.26 Å². The molecule has 2 heterocycles. The van der Waals surface area contributed by atoms with Crippen LogP contribution in [0.25, 0.3) is 0 Å². The number of hydrogen-bond donors (Lipinski definition) is 1. The van der Waals surface area contributed by atoms with E-state index in [1.165, 1.54) is 11.3 Å². The number of nitrogens with zero attached hydrogens (tertiary/aromatic N) is 2. The lowest BCUT2D eigenvalue weighted by atomic mass is 9.79. The third kappa shape index (κ3) is 4.58. The zero-order valence-corrected chi connectivity index (χ0v) is 19.6. The molecule has 0 unspecified atom stereocenters. The zero-order valence-electron chi connectivity index (χ0n) is 18.8. The Morgan fingerprint density at radius 3 is 2.31 bits per heavy atom. The summed E-state index contributed by atoms with van der Waals surface area (Å²) in [6, 6.07) is 6.03. The maximum atomic E-state index is 13.4. The van der Waals surface area contributed by atoms with E-state index in [0.717, 1.165) is 52.0 Å². The van der Waals surface area contributed by atoms with E-state index >= 15 is 0 Å². The number of fused-ring (bicyclic) bond motifs is 1. The van der Waals surface area contributed by atoms with Gasteiger partial charge in [0.25, 0.3) is 11.8 Å². The van der Waals surface area contributed by atoms with Crippen LogP contribution >= 0.6 is 11.8 Å². The highest BCUT2D eigenvalue weighted by molar-refractivity contribution is 7.98. The number of carbonyl (C=O) groups is 3. The van der Waals surface area contributed by atoms with Gasteiger partial charge < -0.3 is 10.1 Å². The highest BCUT2D eigenvalue weighted by atomic mass is 32.2. The molecule has 1 atom stereocenters. The van der Waals surface area contributed by atoms with Gasteiger partial charge in [-0.15, -0.1) is 0 Å². The van der Waals surface area contributed by atoms with Crippen molar-refractivity contribution in [3.63, 3.8) is 0 Å². The second-order valence-electron chi connectivity index (χ2n) is 8.93. The molecule has 32 heavy (non-hydrogen) atoms. The number of nitrogens with one attached hydrogen (secondary N) is 1. The second kappa shape index (κ2) is 10.4. The molecule has 2 aliphatic heterocycles. The van der Waals surface area contributed by atoms with Gasteiger partial charge in [0.1, 0.15) is 6.04 Å². The van der Waals surface area contributed by atoms with Crippen LogP contribution in [0.4, 0.5) is 0 Å². The van der Waals surface area contributed by atoms with E-state index < -0.39 is 6.04 Å². The minimum absolute atomic E-state index is 0.0657. The van der Waals surface area contributed by atoms with Gasteiger partial charge in [0.15, 0.2) is 0 Å². The molecule has 174 valence electrons. The Bertz CT molecular complexity index is 814. The molecular weight excluding hydrogens is 426 g/mol. The van der Waals surface area contributed by atoms with Gasteiger partial charge in [0.2, 0.25) is 5.91 Å². The van der Waals surface area contributed by atoms with E-state index in [0.29, 0.717) is 29.8 Å². The van der Waals surface area contributed by atoms with Gasteiger partial charge in [-0.1, -0.05) is 31.4 Å². The summed E-state index contributed by atoms with van der Waals surface area (Å²) in [5, 5.41) is 3.17. The molecule has 1 saturated carbocycles. The van der Waals surface area contributed by atoms with Crippen LogP contribution in [-0.2, 0) is 9.53 Å². The topological polar surface area (TPSA) is 79.0 Å². The molecule has 0 spiro atoms. The quantitative estimate of drug-likeness (QED) is 0.602. The van der Waals surface area contributed by atoms with Crippen molar-refractivity contribution in [2.24, 2.45) is 0 Å². The van der Waals surface area contributed by atoms with Gasteiger partial charge in [0.05, 0.1) is 24.3 Å². The monoisotopic (exact) mass is 459 g/mol. The Kier molecular flexibility index (Phi) is 7.53. The molecule has 1 aromatic carbocycles. The lowest BCUT2D eigenvalue weighted by Crippen LogP contribution is -2.61. The molecule has 1 N–H and O–H groups in total. The van der Waals surface area contributed by atoms with Crippen molar-refractivity contribution in [1.82, 2.24) is 15.1 Å². The fourth-order valence-corrected chi connectivity index (χ4v) is 5.78. The average Bonchev–Trinajstić information content (AvgIpc) is 3.09. The van der Waals surface area contributed by atoms with Crippen LogP contribution < -0.4 is 5.32 Å². The summed E-state index contributed by atoms with van der Waals surface area (Å²) >= 11 is 1.61. The smallest absolute Gasteiger partial charge is 0.262 e. The van der Waals surface area contributed by atoms with Crippen molar-refractivity contribution in [3.05, 3.63) is 35.4 Å². The Labute approximate surface area is 194 Å². The number of imide groups is 1. The maximum absolute atomic E-state index is 13.4. The van der Waals surface area contributed by atoms with Crippen LogP contribution in [0.3, 0.4) is 0 Å². The molecule has 0 radical (unpaired) electrons. The van der Waals surface area contributed by atoms with E-state index in [9.17, 15) is 14.4 Å². The van der Waals surface area contributed by atoms with Gasteiger partial charge in [-0.25, -0.2) is 0 Å². The summed E-state index contributed by atoms with van der Waals surface area (Å²) < 4.78 is 5.55. The van der Waals surface area contributed by atoms with Crippen molar-refractivity contribution in [1.29, 1.82) is 0 Å². The highest BCUT2D eigenvalue weighted by Crippen LogP contribution is 2.34. The third-order valence-electron chi connectivity index (χ3n) is 7.09. The molecule has 1 aromatic rings. The molecule has 1 saturated heterocycles. The SMILES string of the molecule is CSCC[C@H](C(=O)NCC1(N2CCOCC2)CCCCC1)N1C(=O)c2ccccc2C1=O. The number of amides is 3. The predicted molar refractivity (Wildman–Crippen MR) is 125 cm³/mol. The molecule has 0 bridgehead atoms. The summed E-state index contributed by atoms with van der Waals surface area (Å²) in [6.45, 7) is 3.75. The van der Waals surface area contributed by atoms with E-state index in [-0.39, 0.29) is 23.3 Å². The van der Waals surface area contributed by atoms with Gasteiger partial charge in [-0.3, -0.25) is 24.2 Å². The first-order chi connectivity index (χ1) is 15.6. The van der Waals surface area contributed by atoms with E-state index in [2.05, 4.69) is 10.2 Å². The van der Waals surface area contributed by atoms with Crippen molar-refractivity contribution in [3.8, 4) is 0 Å². The fraction of sp³-hybridized carbons (Fsp3) is 0.625. The number of rotatable bonds is 8. The maximum Gasteiger partial charge on any atom is 0.262 e. The first-order valence-electron chi connectivity index (χ1n) is 11.6. The number of benzene rings is 1. The first-order valence-corrected chi connectivity index (χ1v) is 13.0. The number of hydrogen-bond acceptors (Lipinski definition) is 6. The molecule has 1 aliphatic carbocycles. The molecule has 3 aliphatic rings. The van der Waals surface area contributed by atoms with Crippen LogP contribution in [0.15, 0.2) is 24.3 Å². The molecule has 3 amide bonds. The van der Waals surface area contributed by atoms with Crippen LogP contribution in [0.5, 0.6) is 0 Å².